The van der Waals surface area contributed by atoms with Crippen molar-refractivity contribution >= 4 is 29.8 Å². The number of benzene rings is 1. The number of nitrogens with zero attached hydrogens (tertiary/aromatic N) is 7. The second-order valence-electron chi connectivity index (χ2n) is 8.98. The molecule has 4 heterocycles. The molecule has 0 radical (unpaired) electrons. The number of rotatable bonds is 7. The van der Waals surface area contributed by atoms with Gasteiger partial charge in [-0.05, 0) is 56.8 Å². The zero-order valence-electron chi connectivity index (χ0n) is 20.5. The number of aliphatic imine (C=N–C) groups is 1. The molecule has 1 aliphatic heterocycles. The molecule has 1 aromatic carbocycles. The maximum Gasteiger partial charge on any atom is 0.302 e. The Morgan fingerprint density at radius 3 is 2.92 bits per heavy atom. The summed E-state index contributed by atoms with van der Waals surface area (Å²) in [4.78, 5) is 13.8. The lowest BCUT2D eigenvalue weighted by Gasteiger charge is -2.23. The van der Waals surface area contributed by atoms with E-state index in [2.05, 4.69) is 33.2 Å². The van der Waals surface area contributed by atoms with Gasteiger partial charge in [-0.2, -0.15) is 15.3 Å². The average molecular weight is 481 g/mol. The largest absolute Gasteiger partial charge is 0.464 e. The molecule has 1 saturated heterocycles. The Morgan fingerprint density at radius 1 is 1.36 bits per heavy atom. The number of ether oxygens (including phenoxy) is 1. The van der Waals surface area contributed by atoms with Gasteiger partial charge in [0, 0.05) is 48.6 Å². The van der Waals surface area contributed by atoms with Crippen LogP contribution in [0.15, 0.2) is 47.8 Å². The fourth-order valence-corrected chi connectivity index (χ4v) is 4.64. The van der Waals surface area contributed by atoms with Crippen molar-refractivity contribution in [3.8, 4) is 23.3 Å². The van der Waals surface area contributed by atoms with E-state index >= 15 is 0 Å². The highest BCUT2D eigenvalue weighted by molar-refractivity contribution is 5.93. The van der Waals surface area contributed by atoms with Gasteiger partial charge in [0.2, 0.25) is 0 Å². The minimum atomic E-state index is 0.439. The summed E-state index contributed by atoms with van der Waals surface area (Å²) in [5.41, 5.74) is 5.61. The number of hydrogen-bond acceptors (Lipinski definition) is 7. The third kappa shape index (κ3) is 4.51. The van der Waals surface area contributed by atoms with Crippen LogP contribution >= 0.6 is 0 Å². The molecule has 9 heteroatoms. The topological polar surface area (TPSA) is 105 Å². The lowest BCUT2D eigenvalue weighted by atomic mass is 9.99. The normalized spacial score (nSPS) is 16.1. The molecule has 0 bridgehead atoms. The Morgan fingerprint density at radius 2 is 2.19 bits per heavy atom. The van der Waals surface area contributed by atoms with Crippen LogP contribution in [0.4, 0.5) is 5.82 Å². The first kappa shape index (κ1) is 23.5. The van der Waals surface area contributed by atoms with Crippen molar-refractivity contribution in [1.82, 2.24) is 29.5 Å². The molecular formula is C27H28N8O. The summed E-state index contributed by atoms with van der Waals surface area (Å²) in [5.74, 6) is 1.12. The van der Waals surface area contributed by atoms with Crippen LogP contribution < -0.4 is 10.1 Å². The first-order chi connectivity index (χ1) is 17.6. The molecule has 1 aliphatic rings. The van der Waals surface area contributed by atoms with Gasteiger partial charge in [0.15, 0.2) is 11.5 Å². The molecule has 36 heavy (non-hydrogen) atoms. The highest BCUT2D eigenvalue weighted by Gasteiger charge is 2.21. The van der Waals surface area contributed by atoms with Crippen molar-refractivity contribution in [2.75, 3.05) is 19.7 Å². The van der Waals surface area contributed by atoms with Crippen molar-refractivity contribution in [2.45, 2.75) is 19.8 Å². The molecule has 0 aliphatic carbocycles. The molecule has 3 aromatic heterocycles. The van der Waals surface area contributed by atoms with Gasteiger partial charge in [0.25, 0.3) is 0 Å². The second kappa shape index (κ2) is 10.1. The van der Waals surface area contributed by atoms with Gasteiger partial charge in [0.05, 0.1) is 30.1 Å². The van der Waals surface area contributed by atoms with Crippen LogP contribution in [0.3, 0.4) is 0 Å². The summed E-state index contributed by atoms with van der Waals surface area (Å²) in [6.07, 6.45) is 9.69. The van der Waals surface area contributed by atoms with E-state index in [0.717, 1.165) is 59.5 Å². The van der Waals surface area contributed by atoms with E-state index in [1.807, 2.05) is 42.8 Å². The molecule has 1 atom stereocenters. The minimum Gasteiger partial charge on any atom is -0.464 e. The molecule has 0 amide bonds. The Kier molecular flexibility index (Phi) is 6.60. The number of aromatic nitrogens is 5. The van der Waals surface area contributed by atoms with Crippen LogP contribution in [0.25, 0.3) is 28.6 Å². The minimum absolute atomic E-state index is 0.439. The summed E-state index contributed by atoms with van der Waals surface area (Å²) in [5, 5.41) is 17.0. The smallest absolute Gasteiger partial charge is 0.302 e. The van der Waals surface area contributed by atoms with E-state index in [9.17, 15) is 5.26 Å². The van der Waals surface area contributed by atoms with Crippen molar-refractivity contribution in [2.24, 2.45) is 18.0 Å². The quantitative estimate of drug-likeness (QED) is 0.396. The van der Waals surface area contributed by atoms with Crippen LogP contribution in [-0.2, 0) is 7.05 Å². The maximum atomic E-state index is 9.27. The highest BCUT2D eigenvalue weighted by Crippen LogP contribution is 2.35. The number of nitrogens with one attached hydrogen (secondary N) is 1. The molecule has 1 N–H and O–H groups in total. The fraction of sp³-hybridized carbons (Fsp3) is 0.296. The van der Waals surface area contributed by atoms with E-state index in [0.29, 0.717) is 29.9 Å². The maximum absolute atomic E-state index is 9.27. The Hall–Kier alpha value is -4.29. The summed E-state index contributed by atoms with van der Waals surface area (Å²) < 4.78 is 9.86. The number of imidazole rings is 1. The molecule has 182 valence electrons. The highest BCUT2D eigenvalue weighted by atomic mass is 16.5. The summed E-state index contributed by atoms with van der Waals surface area (Å²) in [7, 11) is 1.83. The van der Waals surface area contributed by atoms with E-state index < -0.39 is 0 Å². The van der Waals surface area contributed by atoms with E-state index in [1.165, 1.54) is 0 Å². The average Bonchev–Trinajstić information content (AvgIpc) is 3.54. The molecule has 9 nitrogen and oxygen atoms in total. The van der Waals surface area contributed by atoms with Gasteiger partial charge in [-0.15, -0.1) is 0 Å². The summed E-state index contributed by atoms with van der Waals surface area (Å²) in [6, 6.07) is 10.1. The van der Waals surface area contributed by atoms with E-state index in [1.54, 1.807) is 29.2 Å². The number of nitriles is 1. The van der Waals surface area contributed by atoms with Gasteiger partial charge >= 0.3 is 6.01 Å². The van der Waals surface area contributed by atoms with Crippen molar-refractivity contribution in [3.63, 3.8) is 0 Å². The second-order valence-corrected chi connectivity index (χ2v) is 8.98. The van der Waals surface area contributed by atoms with Gasteiger partial charge in [-0.1, -0.05) is 12.1 Å². The van der Waals surface area contributed by atoms with Crippen molar-refractivity contribution in [1.29, 1.82) is 5.26 Å². The van der Waals surface area contributed by atoms with Crippen LogP contribution in [0.5, 0.6) is 6.01 Å². The number of fused-ring (bicyclic) bond motifs is 1. The monoisotopic (exact) mass is 480 g/mol. The zero-order valence-corrected chi connectivity index (χ0v) is 20.5. The van der Waals surface area contributed by atoms with E-state index in [4.69, 9.17) is 9.72 Å². The van der Waals surface area contributed by atoms with Crippen LogP contribution in [0, 0.1) is 17.2 Å². The predicted octanol–water partition coefficient (Wildman–Crippen LogP) is 4.27. The third-order valence-electron chi connectivity index (χ3n) is 6.50. The fourth-order valence-electron chi connectivity index (χ4n) is 4.64. The molecular weight excluding hydrogens is 452 g/mol. The van der Waals surface area contributed by atoms with Gasteiger partial charge < -0.3 is 10.1 Å². The Bertz CT molecular complexity index is 1470. The van der Waals surface area contributed by atoms with Gasteiger partial charge in [0.1, 0.15) is 0 Å². The summed E-state index contributed by atoms with van der Waals surface area (Å²) >= 11 is 0. The zero-order chi connectivity index (χ0) is 25.1. The molecule has 4 aromatic rings. The van der Waals surface area contributed by atoms with Crippen molar-refractivity contribution < 1.29 is 4.74 Å². The summed E-state index contributed by atoms with van der Waals surface area (Å²) in [6.45, 7) is 8.29. The number of allylic oxidation sites excluding steroid dienone is 1. The third-order valence-corrected chi connectivity index (χ3v) is 6.50. The van der Waals surface area contributed by atoms with Gasteiger partial charge in [-0.3, -0.25) is 9.08 Å². The number of piperidine rings is 1. The Balaban J connectivity index is 1.64. The lowest BCUT2D eigenvalue weighted by Crippen LogP contribution is -2.33. The molecule has 0 spiro atoms. The molecule has 0 unspecified atom stereocenters. The lowest BCUT2D eigenvalue weighted by molar-refractivity contribution is 0.203. The SMILES string of the molecule is C=Nc1c(/C=C(\C)c2c(-c3ccc(C#N)cc3)nc(OC[C@@H]3CCCNC3)n3ccnc23)cnn1C. The Labute approximate surface area is 209 Å². The van der Waals surface area contributed by atoms with Gasteiger partial charge in [-0.25, -0.2) is 9.98 Å². The molecule has 0 saturated carbocycles. The molecule has 5 rings (SSSR count). The first-order valence-corrected chi connectivity index (χ1v) is 12.0. The van der Waals surface area contributed by atoms with Crippen molar-refractivity contribution in [3.05, 3.63) is 59.5 Å². The standard InChI is InChI=1S/C27H28N8O/c1-18(13-22-16-32-34(3)25(22)29-2)23-24(21-8-6-19(14-28)7-9-21)33-27(35-12-11-31-26(23)35)36-17-20-5-4-10-30-15-20/h6-9,11-13,16,20,30H,2,4-5,10,15,17H2,1,3H3/b18-13+/t20-/m1/s1. The van der Waals surface area contributed by atoms with Crippen LogP contribution in [0.2, 0.25) is 0 Å². The predicted molar refractivity (Wildman–Crippen MR) is 140 cm³/mol. The number of aryl methyl sites for hydroxylation is 1. The first-order valence-electron chi connectivity index (χ1n) is 12.0. The van der Waals surface area contributed by atoms with Crippen LogP contribution in [-0.4, -0.2) is 50.6 Å². The molecule has 1 fully saturated rings. The van der Waals surface area contributed by atoms with E-state index in [-0.39, 0.29) is 0 Å². The number of hydrogen-bond donors (Lipinski definition) is 1. The van der Waals surface area contributed by atoms with Crippen LogP contribution in [0.1, 0.15) is 36.5 Å².